The Balaban J connectivity index is 2.45. The maximum atomic E-state index is 13.1. The van der Waals surface area contributed by atoms with Crippen LogP contribution in [0.4, 0.5) is 4.39 Å². The Morgan fingerprint density at radius 3 is 2.39 bits per heavy atom. The lowest BCUT2D eigenvalue weighted by Crippen LogP contribution is -1.95. The van der Waals surface area contributed by atoms with Crippen LogP contribution < -0.4 is 4.74 Å². The molecule has 2 aromatic carbocycles. The lowest BCUT2D eigenvalue weighted by Gasteiger charge is -2.08. The van der Waals surface area contributed by atoms with Gasteiger partial charge in [0, 0.05) is 11.6 Å². The van der Waals surface area contributed by atoms with Crippen molar-refractivity contribution in [2.24, 2.45) is 0 Å². The van der Waals surface area contributed by atoms with E-state index in [4.69, 9.17) is 9.84 Å². The molecular weight excluding hydrogens is 235 g/mol. The fraction of sp³-hybridized carbons (Fsp3) is 0.0714. The van der Waals surface area contributed by atoms with Crippen molar-refractivity contribution in [2.75, 3.05) is 7.11 Å². The average molecular weight is 246 g/mol. The van der Waals surface area contributed by atoms with E-state index in [0.717, 1.165) is 11.1 Å². The Labute approximate surface area is 103 Å². The summed E-state index contributed by atoms with van der Waals surface area (Å²) in [5.74, 6) is -0.941. The minimum atomic E-state index is -0.979. The molecular formula is C14H11FO3. The van der Waals surface area contributed by atoms with Crippen molar-refractivity contribution < 1.29 is 19.0 Å². The molecule has 0 saturated carbocycles. The monoisotopic (exact) mass is 246 g/mol. The first-order valence-electron chi connectivity index (χ1n) is 5.29. The Bertz CT molecular complexity index is 576. The number of carbonyl (C=O) groups is 1. The predicted octanol–water partition coefficient (Wildman–Crippen LogP) is 3.20. The summed E-state index contributed by atoms with van der Waals surface area (Å²) in [5, 5.41) is 8.81. The summed E-state index contributed by atoms with van der Waals surface area (Å²) in [6.45, 7) is 0. The molecule has 0 atom stereocenters. The van der Waals surface area contributed by atoms with E-state index in [0.29, 0.717) is 5.75 Å². The highest BCUT2D eigenvalue weighted by molar-refractivity contribution is 5.88. The Kier molecular flexibility index (Phi) is 3.28. The van der Waals surface area contributed by atoms with E-state index in [2.05, 4.69) is 0 Å². The fourth-order valence-electron chi connectivity index (χ4n) is 1.70. The van der Waals surface area contributed by atoms with E-state index >= 15 is 0 Å². The van der Waals surface area contributed by atoms with Crippen molar-refractivity contribution in [1.29, 1.82) is 0 Å². The van der Waals surface area contributed by atoms with Crippen molar-refractivity contribution in [3.8, 4) is 16.9 Å². The van der Waals surface area contributed by atoms with Gasteiger partial charge in [0.1, 0.15) is 11.6 Å². The maximum Gasteiger partial charge on any atom is 0.335 e. The molecule has 0 unspecified atom stereocenters. The van der Waals surface area contributed by atoms with Crippen LogP contribution in [0.25, 0.3) is 11.1 Å². The number of carboxylic acid groups (broad SMARTS) is 1. The molecule has 2 aromatic rings. The van der Waals surface area contributed by atoms with Gasteiger partial charge in [-0.3, -0.25) is 0 Å². The second kappa shape index (κ2) is 4.87. The molecule has 4 heteroatoms. The van der Waals surface area contributed by atoms with Gasteiger partial charge in [-0.25, -0.2) is 9.18 Å². The molecule has 0 bridgehead atoms. The van der Waals surface area contributed by atoms with E-state index < -0.39 is 5.97 Å². The van der Waals surface area contributed by atoms with Gasteiger partial charge >= 0.3 is 5.97 Å². The highest BCUT2D eigenvalue weighted by Gasteiger charge is 2.08. The minimum absolute atomic E-state index is 0.208. The van der Waals surface area contributed by atoms with Crippen molar-refractivity contribution >= 4 is 5.97 Å². The van der Waals surface area contributed by atoms with Crippen LogP contribution in [0, 0.1) is 5.82 Å². The molecule has 2 rings (SSSR count). The summed E-state index contributed by atoms with van der Waals surface area (Å²) in [7, 11) is 1.46. The molecule has 0 aliphatic carbocycles. The van der Waals surface area contributed by atoms with Crippen LogP contribution in [-0.4, -0.2) is 18.2 Å². The number of carboxylic acids is 1. The molecule has 0 radical (unpaired) electrons. The maximum absolute atomic E-state index is 13.1. The summed E-state index contributed by atoms with van der Waals surface area (Å²) in [6.07, 6.45) is 0. The molecule has 1 N–H and O–H groups in total. The predicted molar refractivity (Wildman–Crippen MR) is 65.3 cm³/mol. The smallest absolute Gasteiger partial charge is 0.335 e. The van der Waals surface area contributed by atoms with Gasteiger partial charge in [0.2, 0.25) is 0 Å². The van der Waals surface area contributed by atoms with Crippen LogP contribution in [-0.2, 0) is 0 Å². The van der Waals surface area contributed by atoms with Crippen molar-refractivity contribution in [1.82, 2.24) is 0 Å². The number of rotatable bonds is 3. The third-order valence-electron chi connectivity index (χ3n) is 2.61. The highest BCUT2D eigenvalue weighted by atomic mass is 19.1. The zero-order valence-electron chi connectivity index (χ0n) is 9.68. The molecule has 18 heavy (non-hydrogen) atoms. The van der Waals surface area contributed by atoms with Crippen molar-refractivity contribution in [3.63, 3.8) is 0 Å². The molecule has 0 fully saturated rings. The second-order valence-electron chi connectivity index (χ2n) is 3.73. The number of ether oxygens (including phenoxy) is 1. The summed E-state index contributed by atoms with van der Waals surface area (Å²) in [6, 6.07) is 10.6. The van der Waals surface area contributed by atoms with E-state index in [1.165, 1.54) is 31.4 Å². The van der Waals surface area contributed by atoms with E-state index in [9.17, 15) is 9.18 Å². The van der Waals surface area contributed by atoms with Gasteiger partial charge in [0.05, 0.1) is 12.7 Å². The van der Waals surface area contributed by atoms with Crippen LogP contribution in [0.3, 0.4) is 0 Å². The lowest BCUT2D eigenvalue weighted by atomic mass is 10.0. The molecule has 0 aliphatic heterocycles. The zero-order chi connectivity index (χ0) is 13.1. The van der Waals surface area contributed by atoms with Gasteiger partial charge in [0.15, 0.2) is 0 Å². The molecule has 0 saturated heterocycles. The van der Waals surface area contributed by atoms with Gasteiger partial charge in [-0.05, 0) is 29.8 Å². The number of hydrogen-bond donors (Lipinski definition) is 1. The average Bonchev–Trinajstić information content (AvgIpc) is 2.38. The summed E-state index contributed by atoms with van der Waals surface area (Å²) in [4.78, 5) is 10.7. The van der Waals surface area contributed by atoms with Crippen molar-refractivity contribution in [3.05, 3.63) is 53.8 Å². The largest absolute Gasteiger partial charge is 0.496 e. The number of methoxy groups -OCH3 is 1. The van der Waals surface area contributed by atoms with E-state index in [-0.39, 0.29) is 11.4 Å². The van der Waals surface area contributed by atoms with Crippen LogP contribution in [0.2, 0.25) is 0 Å². The molecule has 0 spiro atoms. The Morgan fingerprint density at radius 2 is 1.83 bits per heavy atom. The summed E-state index contributed by atoms with van der Waals surface area (Å²) in [5.41, 5.74) is 1.70. The molecule has 0 aliphatic rings. The van der Waals surface area contributed by atoms with Gasteiger partial charge in [-0.2, -0.15) is 0 Å². The Hall–Kier alpha value is -2.36. The highest BCUT2D eigenvalue weighted by Crippen LogP contribution is 2.30. The third-order valence-corrected chi connectivity index (χ3v) is 2.61. The van der Waals surface area contributed by atoms with Crippen LogP contribution in [0.5, 0.6) is 5.75 Å². The van der Waals surface area contributed by atoms with Gasteiger partial charge in [0.25, 0.3) is 0 Å². The SMILES string of the molecule is COc1cc(F)ccc1-c1ccc(C(=O)O)cc1. The van der Waals surface area contributed by atoms with Gasteiger partial charge in [-0.15, -0.1) is 0 Å². The van der Waals surface area contributed by atoms with Crippen LogP contribution in [0.15, 0.2) is 42.5 Å². The molecule has 92 valence electrons. The van der Waals surface area contributed by atoms with Crippen LogP contribution >= 0.6 is 0 Å². The zero-order valence-corrected chi connectivity index (χ0v) is 9.68. The lowest BCUT2D eigenvalue weighted by molar-refractivity contribution is 0.0697. The van der Waals surface area contributed by atoms with Crippen molar-refractivity contribution in [2.45, 2.75) is 0 Å². The van der Waals surface area contributed by atoms with E-state index in [1.54, 1.807) is 18.2 Å². The third kappa shape index (κ3) is 2.32. The quantitative estimate of drug-likeness (QED) is 0.904. The first-order valence-corrected chi connectivity index (χ1v) is 5.29. The number of hydrogen-bond acceptors (Lipinski definition) is 2. The number of halogens is 1. The van der Waals surface area contributed by atoms with Gasteiger partial charge < -0.3 is 9.84 Å². The summed E-state index contributed by atoms with van der Waals surface area (Å²) < 4.78 is 18.2. The normalized spacial score (nSPS) is 10.1. The minimum Gasteiger partial charge on any atom is -0.496 e. The van der Waals surface area contributed by atoms with E-state index in [1.807, 2.05) is 0 Å². The van der Waals surface area contributed by atoms with Crippen LogP contribution in [0.1, 0.15) is 10.4 Å². The first-order chi connectivity index (χ1) is 8.61. The molecule has 0 heterocycles. The Morgan fingerprint density at radius 1 is 1.17 bits per heavy atom. The second-order valence-corrected chi connectivity index (χ2v) is 3.73. The fourth-order valence-corrected chi connectivity index (χ4v) is 1.70. The molecule has 0 aromatic heterocycles. The molecule has 3 nitrogen and oxygen atoms in total. The number of aromatic carboxylic acids is 1. The first kappa shape index (κ1) is 12.1. The number of benzene rings is 2. The standard InChI is InChI=1S/C14H11FO3/c1-18-13-8-11(15)6-7-12(13)9-2-4-10(5-3-9)14(16)17/h2-8H,1H3,(H,16,17). The summed E-state index contributed by atoms with van der Waals surface area (Å²) >= 11 is 0. The molecule has 0 amide bonds. The topological polar surface area (TPSA) is 46.5 Å². The van der Waals surface area contributed by atoms with Gasteiger partial charge in [-0.1, -0.05) is 12.1 Å².